The molecule has 11 heteroatoms. The third-order valence-electron chi connectivity index (χ3n) is 5.69. The van der Waals surface area contributed by atoms with Gasteiger partial charge in [0.25, 0.3) is 5.22 Å². The van der Waals surface area contributed by atoms with E-state index in [2.05, 4.69) is 14.8 Å². The number of ether oxygens (including phenoxy) is 1. The van der Waals surface area contributed by atoms with E-state index >= 15 is 0 Å². The summed E-state index contributed by atoms with van der Waals surface area (Å²) in [7, 11) is -3.58. The molecule has 0 radical (unpaired) electrons. The first-order chi connectivity index (χ1) is 16.5. The van der Waals surface area contributed by atoms with Gasteiger partial charge in [0, 0.05) is 19.6 Å². The SMILES string of the molecule is CCn1c(CSc2nnc(Cc3ccccc3)o2)nc2cc(S(=O)(=O)N3CCOCC3)ccc21. The quantitative estimate of drug-likeness (QED) is 0.340. The number of rotatable bonds is 8. The van der Waals surface area contributed by atoms with E-state index in [0.29, 0.717) is 61.7 Å². The molecule has 0 bridgehead atoms. The number of morpholine rings is 1. The third-order valence-corrected chi connectivity index (χ3v) is 8.40. The molecule has 0 amide bonds. The zero-order valence-electron chi connectivity index (χ0n) is 18.8. The van der Waals surface area contributed by atoms with Gasteiger partial charge < -0.3 is 13.7 Å². The molecule has 1 saturated heterocycles. The number of aryl methyl sites for hydroxylation is 1. The summed E-state index contributed by atoms with van der Waals surface area (Å²) in [5, 5.41) is 8.78. The van der Waals surface area contributed by atoms with Crippen molar-refractivity contribution in [3.8, 4) is 0 Å². The van der Waals surface area contributed by atoms with Crippen LogP contribution in [-0.4, -0.2) is 58.8 Å². The molecule has 5 rings (SSSR count). The van der Waals surface area contributed by atoms with Crippen molar-refractivity contribution in [2.45, 2.75) is 35.8 Å². The van der Waals surface area contributed by atoms with Crippen LogP contribution in [0.15, 0.2) is 63.1 Å². The molecule has 0 N–H and O–H groups in total. The van der Waals surface area contributed by atoms with Crippen LogP contribution in [0.3, 0.4) is 0 Å². The van der Waals surface area contributed by atoms with E-state index in [1.807, 2.05) is 43.3 Å². The van der Waals surface area contributed by atoms with Crippen LogP contribution in [0.25, 0.3) is 11.0 Å². The second-order valence-electron chi connectivity index (χ2n) is 7.85. The van der Waals surface area contributed by atoms with Crippen LogP contribution in [-0.2, 0) is 33.5 Å². The molecule has 0 aliphatic carbocycles. The number of aromatic nitrogens is 4. The molecule has 1 fully saturated rings. The first kappa shape index (κ1) is 23.0. The summed E-state index contributed by atoms with van der Waals surface area (Å²) in [6.07, 6.45) is 0.586. The normalized spacial score (nSPS) is 15.2. The average Bonchev–Trinajstić information content (AvgIpc) is 3.46. The number of sulfonamides is 1. The molecule has 0 saturated carbocycles. The summed E-state index contributed by atoms with van der Waals surface area (Å²) >= 11 is 1.42. The molecule has 2 aromatic carbocycles. The van der Waals surface area contributed by atoms with Crippen LogP contribution in [0.2, 0.25) is 0 Å². The van der Waals surface area contributed by atoms with Crippen LogP contribution in [0.4, 0.5) is 0 Å². The number of hydrogen-bond donors (Lipinski definition) is 0. The van der Waals surface area contributed by atoms with E-state index in [9.17, 15) is 8.42 Å². The summed E-state index contributed by atoms with van der Waals surface area (Å²) in [5.74, 6) is 1.92. The first-order valence-electron chi connectivity index (χ1n) is 11.1. The minimum absolute atomic E-state index is 0.254. The number of nitrogens with zero attached hydrogens (tertiary/aromatic N) is 5. The summed E-state index contributed by atoms with van der Waals surface area (Å²) in [4.78, 5) is 4.99. The van der Waals surface area contributed by atoms with Crippen molar-refractivity contribution in [1.82, 2.24) is 24.1 Å². The van der Waals surface area contributed by atoms with Crippen molar-refractivity contribution in [2.24, 2.45) is 0 Å². The summed E-state index contributed by atoms with van der Waals surface area (Å²) in [6.45, 7) is 4.31. The fraction of sp³-hybridized carbons (Fsp3) is 0.348. The predicted molar refractivity (Wildman–Crippen MR) is 128 cm³/mol. The van der Waals surface area contributed by atoms with Gasteiger partial charge in [-0.05, 0) is 30.7 Å². The van der Waals surface area contributed by atoms with Gasteiger partial charge in [-0.25, -0.2) is 13.4 Å². The lowest BCUT2D eigenvalue weighted by Crippen LogP contribution is -2.40. The second-order valence-corrected chi connectivity index (χ2v) is 10.7. The average molecular weight is 500 g/mol. The van der Waals surface area contributed by atoms with E-state index in [1.54, 1.807) is 12.1 Å². The first-order valence-corrected chi connectivity index (χ1v) is 13.5. The Kier molecular flexibility index (Phi) is 6.68. The number of fused-ring (bicyclic) bond motifs is 1. The monoisotopic (exact) mass is 499 g/mol. The Morgan fingerprint density at radius 3 is 2.62 bits per heavy atom. The highest BCUT2D eigenvalue weighted by Gasteiger charge is 2.27. The Morgan fingerprint density at radius 1 is 1.06 bits per heavy atom. The molecule has 0 atom stereocenters. The lowest BCUT2D eigenvalue weighted by atomic mass is 10.2. The number of hydrogen-bond acceptors (Lipinski definition) is 8. The van der Waals surface area contributed by atoms with Crippen LogP contribution in [0.1, 0.15) is 24.2 Å². The second kappa shape index (κ2) is 9.87. The minimum atomic E-state index is -3.58. The van der Waals surface area contributed by atoms with Crippen molar-refractivity contribution in [2.75, 3.05) is 26.3 Å². The zero-order valence-corrected chi connectivity index (χ0v) is 20.4. The fourth-order valence-corrected chi connectivity index (χ4v) is 6.14. The molecule has 4 aromatic rings. The predicted octanol–water partition coefficient (Wildman–Crippen LogP) is 3.34. The Hall–Kier alpha value is -2.73. The van der Waals surface area contributed by atoms with Gasteiger partial charge in [0.1, 0.15) is 5.82 Å². The summed E-state index contributed by atoms with van der Waals surface area (Å²) < 4.78 is 40.7. The Bertz CT molecular complexity index is 1380. The van der Waals surface area contributed by atoms with Crippen LogP contribution >= 0.6 is 11.8 Å². The van der Waals surface area contributed by atoms with Gasteiger partial charge in [0.2, 0.25) is 15.9 Å². The maximum Gasteiger partial charge on any atom is 0.277 e. The largest absolute Gasteiger partial charge is 0.416 e. The van der Waals surface area contributed by atoms with E-state index in [1.165, 1.54) is 16.1 Å². The molecular formula is C23H25N5O4S2. The molecule has 0 spiro atoms. The van der Waals surface area contributed by atoms with Crippen molar-refractivity contribution < 1.29 is 17.6 Å². The Labute approximate surface area is 202 Å². The molecule has 34 heavy (non-hydrogen) atoms. The van der Waals surface area contributed by atoms with Crippen molar-refractivity contribution in [1.29, 1.82) is 0 Å². The highest BCUT2D eigenvalue weighted by molar-refractivity contribution is 7.98. The van der Waals surface area contributed by atoms with E-state index < -0.39 is 10.0 Å². The van der Waals surface area contributed by atoms with Gasteiger partial charge in [0.15, 0.2) is 0 Å². The Balaban J connectivity index is 1.33. The number of thioether (sulfide) groups is 1. The molecular weight excluding hydrogens is 474 g/mol. The van der Waals surface area contributed by atoms with E-state index in [4.69, 9.17) is 14.1 Å². The van der Waals surface area contributed by atoms with Crippen LogP contribution in [0, 0.1) is 0 Å². The smallest absolute Gasteiger partial charge is 0.277 e. The standard InChI is InChI=1S/C23H25N5O4S2/c1-2-28-20-9-8-18(34(29,30)27-10-12-31-13-11-27)15-19(20)24-21(28)16-33-23-26-25-22(32-23)14-17-6-4-3-5-7-17/h3-9,15H,2,10-14,16H2,1H3. The van der Waals surface area contributed by atoms with Gasteiger partial charge in [0.05, 0.1) is 41.3 Å². The topological polar surface area (TPSA) is 103 Å². The molecule has 1 aliphatic rings. The van der Waals surface area contributed by atoms with E-state index in [0.717, 1.165) is 16.9 Å². The molecule has 1 aliphatic heterocycles. The minimum Gasteiger partial charge on any atom is -0.416 e. The number of benzene rings is 2. The molecule has 9 nitrogen and oxygen atoms in total. The van der Waals surface area contributed by atoms with Gasteiger partial charge >= 0.3 is 0 Å². The van der Waals surface area contributed by atoms with Gasteiger partial charge in [-0.3, -0.25) is 0 Å². The molecule has 2 aromatic heterocycles. The number of imidazole rings is 1. The fourth-order valence-electron chi connectivity index (χ4n) is 3.98. The van der Waals surface area contributed by atoms with Crippen molar-refractivity contribution >= 4 is 32.8 Å². The zero-order chi connectivity index (χ0) is 23.5. The lowest BCUT2D eigenvalue weighted by Gasteiger charge is -2.26. The third kappa shape index (κ3) is 4.74. The van der Waals surface area contributed by atoms with Crippen LogP contribution in [0.5, 0.6) is 0 Å². The van der Waals surface area contributed by atoms with Crippen molar-refractivity contribution in [3.63, 3.8) is 0 Å². The maximum atomic E-state index is 13.0. The molecule has 0 unspecified atom stereocenters. The highest BCUT2D eigenvalue weighted by atomic mass is 32.2. The lowest BCUT2D eigenvalue weighted by molar-refractivity contribution is 0.0730. The molecule has 3 heterocycles. The highest BCUT2D eigenvalue weighted by Crippen LogP contribution is 2.27. The van der Waals surface area contributed by atoms with Crippen molar-refractivity contribution in [3.05, 3.63) is 65.8 Å². The maximum absolute atomic E-state index is 13.0. The van der Waals surface area contributed by atoms with Gasteiger partial charge in [-0.2, -0.15) is 4.31 Å². The van der Waals surface area contributed by atoms with E-state index in [-0.39, 0.29) is 4.90 Å². The summed E-state index contributed by atoms with van der Waals surface area (Å²) in [5.41, 5.74) is 2.66. The summed E-state index contributed by atoms with van der Waals surface area (Å²) in [6, 6.07) is 15.1. The van der Waals surface area contributed by atoms with Crippen LogP contribution < -0.4 is 0 Å². The van der Waals surface area contributed by atoms with Gasteiger partial charge in [-0.15, -0.1) is 10.2 Å². The van der Waals surface area contributed by atoms with Gasteiger partial charge in [-0.1, -0.05) is 42.1 Å². The molecule has 178 valence electrons. The Morgan fingerprint density at radius 2 is 1.85 bits per heavy atom.